The summed E-state index contributed by atoms with van der Waals surface area (Å²) in [4.78, 5) is 6.46. The Morgan fingerprint density at radius 1 is 1.32 bits per heavy atom. The first-order valence-electron chi connectivity index (χ1n) is 7.91. The van der Waals surface area contributed by atoms with Crippen molar-refractivity contribution in [3.05, 3.63) is 35.0 Å². The number of hydrogen-bond acceptors (Lipinski definition) is 5. The van der Waals surface area contributed by atoms with Crippen LogP contribution in [0.5, 0.6) is 0 Å². The van der Waals surface area contributed by atoms with Gasteiger partial charge in [0, 0.05) is 13.1 Å². The third kappa shape index (κ3) is 4.31. The van der Waals surface area contributed by atoms with Gasteiger partial charge in [-0.3, -0.25) is 0 Å². The predicted molar refractivity (Wildman–Crippen MR) is 90.2 cm³/mol. The Kier molecular flexibility index (Phi) is 4.99. The van der Waals surface area contributed by atoms with Gasteiger partial charge in [-0.2, -0.15) is 23.3 Å². The molecule has 2 aromatic rings. The molecule has 0 spiro atoms. The molecule has 1 atom stereocenters. The van der Waals surface area contributed by atoms with Crippen LogP contribution in [0.15, 0.2) is 24.4 Å². The van der Waals surface area contributed by atoms with Crippen LogP contribution in [0.25, 0.3) is 0 Å². The molecule has 134 valence electrons. The van der Waals surface area contributed by atoms with Gasteiger partial charge in [0.2, 0.25) is 5.95 Å². The monoisotopic (exact) mass is 371 g/mol. The molecule has 1 fully saturated rings. The van der Waals surface area contributed by atoms with Crippen LogP contribution in [0, 0.1) is 5.92 Å². The van der Waals surface area contributed by atoms with Crippen molar-refractivity contribution in [1.82, 2.24) is 15.2 Å². The molecule has 0 aliphatic carbocycles. The van der Waals surface area contributed by atoms with Crippen LogP contribution < -0.4 is 10.2 Å². The molecular weight excluding hydrogens is 355 g/mol. The van der Waals surface area contributed by atoms with Gasteiger partial charge in [-0.05, 0) is 37.0 Å². The number of alkyl halides is 3. The number of halogens is 4. The van der Waals surface area contributed by atoms with Gasteiger partial charge in [-0.15, -0.1) is 5.10 Å². The molecular formula is C16H17ClF3N5. The minimum atomic E-state index is -4.45. The quantitative estimate of drug-likeness (QED) is 0.859. The number of piperidine rings is 1. The Morgan fingerprint density at radius 2 is 2.12 bits per heavy atom. The lowest BCUT2D eigenvalue weighted by molar-refractivity contribution is -0.137. The highest BCUT2D eigenvalue weighted by molar-refractivity contribution is 6.33. The number of nitrogens with zero attached hydrogens (tertiary/aromatic N) is 4. The third-order valence-electron chi connectivity index (χ3n) is 4.07. The number of aromatic nitrogens is 3. The molecule has 3 rings (SSSR count). The van der Waals surface area contributed by atoms with E-state index in [0.29, 0.717) is 11.7 Å². The molecule has 1 aromatic carbocycles. The maximum atomic E-state index is 12.9. The molecule has 0 saturated carbocycles. The van der Waals surface area contributed by atoms with Gasteiger partial charge in [0.05, 0.1) is 22.5 Å². The van der Waals surface area contributed by atoms with Crippen molar-refractivity contribution in [1.29, 1.82) is 0 Å². The number of nitrogens with one attached hydrogen (secondary N) is 1. The molecule has 0 bridgehead atoms. The summed E-state index contributed by atoms with van der Waals surface area (Å²) in [5.74, 6) is 1.31. The minimum Gasteiger partial charge on any atom is -0.355 e. The molecule has 0 radical (unpaired) electrons. The fraction of sp³-hybridized carbons (Fsp3) is 0.438. The minimum absolute atomic E-state index is 0.0856. The summed E-state index contributed by atoms with van der Waals surface area (Å²) in [6.45, 7) is 3.90. The molecule has 1 aliphatic rings. The second-order valence-corrected chi connectivity index (χ2v) is 6.56. The lowest BCUT2D eigenvalue weighted by atomic mass is 10.0. The molecule has 1 saturated heterocycles. The first kappa shape index (κ1) is 17.7. The van der Waals surface area contributed by atoms with Crippen molar-refractivity contribution in [2.24, 2.45) is 5.92 Å². The molecule has 1 aliphatic heterocycles. The van der Waals surface area contributed by atoms with Gasteiger partial charge in [-0.25, -0.2) is 0 Å². The van der Waals surface area contributed by atoms with Gasteiger partial charge >= 0.3 is 6.18 Å². The second-order valence-electron chi connectivity index (χ2n) is 6.15. The lowest BCUT2D eigenvalue weighted by Gasteiger charge is -2.31. The smallest absolute Gasteiger partial charge is 0.355 e. The highest BCUT2D eigenvalue weighted by Crippen LogP contribution is 2.34. The SMILES string of the molecule is CC1CCCN(c2cnnc(Nc3cc(C(F)(F)F)ccc3Cl)n2)C1. The zero-order chi connectivity index (χ0) is 18.0. The van der Waals surface area contributed by atoms with E-state index in [9.17, 15) is 13.2 Å². The van der Waals surface area contributed by atoms with Crippen LogP contribution in [0.1, 0.15) is 25.3 Å². The summed E-state index contributed by atoms with van der Waals surface area (Å²) in [5.41, 5.74) is -0.712. The molecule has 1 aromatic heterocycles. The van der Waals surface area contributed by atoms with E-state index in [1.807, 2.05) is 0 Å². The van der Waals surface area contributed by atoms with E-state index in [0.717, 1.165) is 31.6 Å². The van der Waals surface area contributed by atoms with Crippen LogP contribution in [0.3, 0.4) is 0 Å². The van der Waals surface area contributed by atoms with Gasteiger partial charge < -0.3 is 10.2 Å². The second kappa shape index (κ2) is 7.03. The topological polar surface area (TPSA) is 53.9 Å². The number of hydrogen-bond donors (Lipinski definition) is 1. The summed E-state index contributed by atoms with van der Waals surface area (Å²) in [5, 5.41) is 10.6. The van der Waals surface area contributed by atoms with E-state index < -0.39 is 11.7 Å². The largest absolute Gasteiger partial charge is 0.416 e. The molecule has 5 nitrogen and oxygen atoms in total. The molecule has 1 unspecified atom stereocenters. The van der Waals surface area contributed by atoms with Crippen molar-refractivity contribution >= 4 is 29.1 Å². The first-order valence-corrected chi connectivity index (χ1v) is 8.29. The van der Waals surface area contributed by atoms with Crippen LogP contribution in [0.4, 0.5) is 30.6 Å². The van der Waals surface area contributed by atoms with E-state index in [4.69, 9.17) is 11.6 Å². The summed E-state index contributed by atoms with van der Waals surface area (Å²) >= 11 is 5.99. The highest BCUT2D eigenvalue weighted by atomic mass is 35.5. The number of anilines is 3. The molecule has 25 heavy (non-hydrogen) atoms. The van der Waals surface area contributed by atoms with Gasteiger partial charge in [-0.1, -0.05) is 18.5 Å². The van der Waals surface area contributed by atoms with E-state index in [2.05, 4.69) is 32.3 Å². The summed E-state index contributed by atoms with van der Waals surface area (Å²) in [7, 11) is 0. The van der Waals surface area contributed by atoms with Gasteiger partial charge in [0.15, 0.2) is 5.82 Å². The molecule has 0 amide bonds. The molecule has 9 heteroatoms. The Labute approximate surface area is 148 Å². The van der Waals surface area contributed by atoms with Crippen molar-refractivity contribution < 1.29 is 13.2 Å². The van der Waals surface area contributed by atoms with Crippen LogP contribution in [-0.2, 0) is 6.18 Å². The Balaban J connectivity index is 1.83. The van der Waals surface area contributed by atoms with Crippen molar-refractivity contribution in [2.45, 2.75) is 25.9 Å². The van der Waals surface area contributed by atoms with Gasteiger partial charge in [0.25, 0.3) is 0 Å². The third-order valence-corrected chi connectivity index (χ3v) is 4.40. The normalized spacial score (nSPS) is 18.3. The Morgan fingerprint density at radius 3 is 2.84 bits per heavy atom. The number of rotatable bonds is 3. The Bertz CT molecular complexity index is 753. The van der Waals surface area contributed by atoms with Crippen molar-refractivity contribution in [3.63, 3.8) is 0 Å². The summed E-state index contributed by atoms with van der Waals surface area (Å²) < 4.78 is 38.6. The van der Waals surface area contributed by atoms with E-state index in [1.165, 1.54) is 12.5 Å². The summed E-state index contributed by atoms with van der Waals surface area (Å²) in [6, 6.07) is 3.05. The van der Waals surface area contributed by atoms with E-state index in [-0.39, 0.29) is 16.7 Å². The zero-order valence-corrected chi connectivity index (χ0v) is 14.3. The average molecular weight is 372 g/mol. The van der Waals surface area contributed by atoms with Crippen molar-refractivity contribution in [2.75, 3.05) is 23.3 Å². The number of benzene rings is 1. The van der Waals surface area contributed by atoms with Crippen LogP contribution >= 0.6 is 11.6 Å². The van der Waals surface area contributed by atoms with Crippen LogP contribution in [-0.4, -0.2) is 28.3 Å². The zero-order valence-electron chi connectivity index (χ0n) is 13.5. The maximum Gasteiger partial charge on any atom is 0.416 e. The van der Waals surface area contributed by atoms with Gasteiger partial charge in [0.1, 0.15) is 0 Å². The molecule has 1 N–H and O–H groups in total. The lowest BCUT2D eigenvalue weighted by Crippen LogP contribution is -2.35. The predicted octanol–water partition coefficient (Wildman–Crippen LogP) is 4.52. The van der Waals surface area contributed by atoms with Crippen molar-refractivity contribution in [3.8, 4) is 0 Å². The first-order chi connectivity index (χ1) is 11.8. The fourth-order valence-electron chi connectivity index (χ4n) is 2.82. The standard InChI is InChI=1S/C16H17ClF3N5/c1-10-3-2-6-25(9-10)14-8-21-24-15(23-14)22-13-7-11(16(18,19)20)4-5-12(13)17/h4-5,7-8,10H,2-3,6,9H2,1H3,(H,22,23,24). The summed E-state index contributed by atoms with van der Waals surface area (Å²) in [6.07, 6.45) is -0.670. The van der Waals surface area contributed by atoms with E-state index >= 15 is 0 Å². The average Bonchev–Trinajstić information content (AvgIpc) is 2.56. The Hall–Kier alpha value is -2.09. The fourth-order valence-corrected chi connectivity index (χ4v) is 2.98. The van der Waals surface area contributed by atoms with E-state index in [1.54, 1.807) is 6.20 Å². The van der Waals surface area contributed by atoms with Crippen LogP contribution in [0.2, 0.25) is 5.02 Å². The highest BCUT2D eigenvalue weighted by Gasteiger charge is 2.31. The molecule has 2 heterocycles. The maximum absolute atomic E-state index is 12.9.